The van der Waals surface area contributed by atoms with E-state index in [9.17, 15) is 15.2 Å². The number of phenolic OH excluding ortho intramolecular Hbond substituents is 1. The molecular weight excluding hydrogens is 773 g/mol. The number of amides is 1. The number of ether oxygens (including phenoxy) is 1. The van der Waals surface area contributed by atoms with E-state index in [4.69, 9.17) is 14.7 Å². The summed E-state index contributed by atoms with van der Waals surface area (Å²) in [6, 6.07) is 45.7. The number of anilines is 2. The van der Waals surface area contributed by atoms with Gasteiger partial charge >= 0.3 is 6.01 Å². The Bertz CT molecular complexity index is 2510. The highest BCUT2D eigenvalue weighted by molar-refractivity contribution is 5.95. The van der Waals surface area contributed by atoms with Gasteiger partial charge in [-0.3, -0.25) is 9.69 Å². The number of carbonyl (C=O) groups is 1. The van der Waals surface area contributed by atoms with Crippen molar-refractivity contribution in [2.24, 2.45) is 0 Å². The first-order chi connectivity index (χ1) is 30.4. The van der Waals surface area contributed by atoms with Crippen molar-refractivity contribution in [1.29, 1.82) is 5.26 Å². The highest BCUT2D eigenvalue weighted by Gasteiger charge is 2.57. The van der Waals surface area contributed by atoms with Crippen molar-refractivity contribution in [2.45, 2.75) is 55.9 Å². The van der Waals surface area contributed by atoms with Crippen LogP contribution >= 0.6 is 0 Å². The van der Waals surface area contributed by atoms with Crippen LogP contribution in [0, 0.1) is 11.3 Å². The average Bonchev–Trinajstić information content (AvgIpc) is 4.01. The molecule has 3 fully saturated rings. The number of benzene rings is 5. The topological polar surface area (TPSA) is 112 Å². The van der Waals surface area contributed by atoms with Gasteiger partial charge in [0.15, 0.2) is 0 Å². The molecule has 5 aromatic carbocycles. The fourth-order valence-electron chi connectivity index (χ4n) is 10.4. The van der Waals surface area contributed by atoms with Crippen molar-refractivity contribution in [1.82, 2.24) is 24.7 Å². The third kappa shape index (κ3) is 7.27. The molecule has 6 aromatic rings. The highest BCUT2D eigenvalue weighted by atomic mass is 16.5. The molecule has 4 atom stereocenters. The highest BCUT2D eigenvalue weighted by Crippen LogP contribution is 2.49. The number of nitriles is 1. The molecule has 11 nitrogen and oxygen atoms in total. The van der Waals surface area contributed by atoms with E-state index in [1.54, 1.807) is 6.07 Å². The number of aromatic nitrogens is 2. The molecule has 3 saturated heterocycles. The summed E-state index contributed by atoms with van der Waals surface area (Å²) in [5.74, 6) is 1.11. The number of aromatic hydroxyl groups is 1. The van der Waals surface area contributed by atoms with Crippen LogP contribution in [-0.2, 0) is 23.3 Å². The van der Waals surface area contributed by atoms with Crippen molar-refractivity contribution in [3.05, 3.63) is 155 Å². The lowest BCUT2D eigenvalue weighted by Gasteiger charge is -2.43. The lowest BCUT2D eigenvalue weighted by atomic mass is 9.76. The summed E-state index contributed by atoms with van der Waals surface area (Å²) in [5, 5.41) is 23.0. The second-order valence-electron chi connectivity index (χ2n) is 17.2. The van der Waals surface area contributed by atoms with Crippen LogP contribution in [0.5, 0.6) is 11.8 Å². The third-order valence-corrected chi connectivity index (χ3v) is 13.6. The van der Waals surface area contributed by atoms with Gasteiger partial charge in [0.2, 0.25) is 5.91 Å². The molecule has 1 amide bonds. The molecule has 1 N–H and O–H groups in total. The van der Waals surface area contributed by atoms with E-state index in [1.165, 1.54) is 0 Å². The molecular formula is C51H52N8O3. The van der Waals surface area contributed by atoms with Crippen molar-refractivity contribution in [3.8, 4) is 17.8 Å². The Hall–Kier alpha value is -6.48. The number of hydrogen-bond donors (Lipinski definition) is 1. The Kier molecular flexibility index (Phi) is 10.7. The van der Waals surface area contributed by atoms with E-state index in [-0.39, 0.29) is 30.2 Å². The van der Waals surface area contributed by atoms with Gasteiger partial charge in [0.25, 0.3) is 0 Å². The van der Waals surface area contributed by atoms with Crippen LogP contribution in [0.4, 0.5) is 11.5 Å². The standard InChI is InChI=1S/C51H52N8O3/c1-55-26-13-21-41(55)35-62-50-53-45-33-56(46-31-42(60)30-36-14-11-12-22-43(36)46)27-24-44(45)48(54-50)57-28-29-58(40(32-57)23-25-52)49(61)47-34-59(47)51(37-15-5-2-6-16-37,38-17-7-3-8-18-38)39-19-9-4-10-20-39/h2-12,14-20,22,30-31,40-41,47,60H,13,21,23-24,26-29,32-35H2,1H3/t40-,41-,47?,59?/m0/s1. The predicted octanol–water partition coefficient (Wildman–Crippen LogP) is 6.98. The zero-order valence-corrected chi connectivity index (χ0v) is 35.2. The molecule has 11 heteroatoms. The monoisotopic (exact) mass is 824 g/mol. The molecule has 5 heterocycles. The minimum absolute atomic E-state index is 0.0560. The molecule has 1 aromatic heterocycles. The van der Waals surface area contributed by atoms with Crippen LogP contribution in [0.3, 0.4) is 0 Å². The maximum absolute atomic E-state index is 14.9. The van der Waals surface area contributed by atoms with E-state index < -0.39 is 5.54 Å². The van der Waals surface area contributed by atoms with Gasteiger partial charge in [0.05, 0.1) is 36.3 Å². The maximum Gasteiger partial charge on any atom is 0.318 e. The van der Waals surface area contributed by atoms with Crippen molar-refractivity contribution < 1.29 is 14.6 Å². The Labute approximate surface area is 363 Å². The number of fused-ring (bicyclic) bond motifs is 2. The van der Waals surface area contributed by atoms with Crippen LogP contribution < -0.4 is 14.5 Å². The quantitative estimate of drug-likeness (QED) is 0.109. The molecule has 4 aliphatic heterocycles. The van der Waals surface area contributed by atoms with Crippen LogP contribution in [0.25, 0.3) is 10.8 Å². The fraction of sp³-hybridized carbons (Fsp3) is 0.333. The second-order valence-corrected chi connectivity index (χ2v) is 17.2. The van der Waals surface area contributed by atoms with Gasteiger partial charge < -0.3 is 29.4 Å². The Balaban J connectivity index is 0.951. The lowest BCUT2D eigenvalue weighted by Crippen LogP contribution is -2.57. The van der Waals surface area contributed by atoms with Crippen molar-refractivity contribution >= 4 is 28.2 Å². The summed E-state index contributed by atoms with van der Waals surface area (Å²) >= 11 is 0. The van der Waals surface area contributed by atoms with Gasteiger partial charge in [-0.25, -0.2) is 0 Å². The lowest BCUT2D eigenvalue weighted by molar-refractivity contribution is -0.134. The molecule has 2 unspecified atom stereocenters. The minimum atomic E-state index is -0.682. The number of piperazine rings is 1. The molecule has 4 aliphatic rings. The minimum Gasteiger partial charge on any atom is -0.508 e. The number of rotatable bonds is 11. The molecule has 0 aliphatic carbocycles. The van der Waals surface area contributed by atoms with E-state index in [0.717, 1.165) is 69.6 Å². The number of nitrogens with zero attached hydrogens (tertiary/aromatic N) is 8. The average molecular weight is 825 g/mol. The first-order valence-corrected chi connectivity index (χ1v) is 22.0. The summed E-state index contributed by atoms with van der Waals surface area (Å²) in [7, 11) is 2.14. The number of hydrogen-bond acceptors (Lipinski definition) is 10. The van der Waals surface area contributed by atoms with E-state index in [1.807, 2.05) is 47.4 Å². The molecule has 0 radical (unpaired) electrons. The maximum atomic E-state index is 14.9. The first kappa shape index (κ1) is 39.6. The largest absolute Gasteiger partial charge is 0.508 e. The normalized spacial score (nSPS) is 21.4. The van der Waals surface area contributed by atoms with Gasteiger partial charge in [-0.1, -0.05) is 115 Å². The Morgan fingerprint density at radius 3 is 2.15 bits per heavy atom. The number of likely N-dealkylation sites (tertiary alicyclic amines) is 1. The predicted molar refractivity (Wildman–Crippen MR) is 241 cm³/mol. The smallest absolute Gasteiger partial charge is 0.318 e. The Morgan fingerprint density at radius 2 is 1.48 bits per heavy atom. The molecule has 62 heavy (non-hydrogen) atoms. The van der Waals surface area contributed by atoms with Gasteiger partial charge in [0.1, 0.15) is 24.2 Å². The first-order valence-electron chi connectivity index (χ1n) is 22.0. The summed E-state index contributed by atoms with van der Waals surface area (Å²) in [5.41, 5.74) is 5.56. The van der Waals surface area contributed by atoms with Crippen LogP contribution in [-0.4, -0.2) is 107 Å². The summed E-state index contributed by atoms with van der Waals surface area (Å²) in [6.45, 7) is 4.90. The zero-order valence-electron chi connectivity index (χ0n) is 35.2. The molecule has 314 valence electrons. The van der Waals surface area contributed by atoms with Crippen molar-refractivity contribution in [2.75, 3.05) is 62.7 Å². The number of carbonyl (C=O) groups excluding carboxylic acids is 1. The van der Waals surface area contributed by atoms with E-state index in [2.05, 4.69) is 112 Å². The number of likely N-dealkylation sites (N-methyl/N-ethyl adjacent to an activating group) is 1. The van der Waals surface area contributed by atoms with Gasteiger partial charge in [0, 0.05) is 61.5 Å². The zero-order chi connectivity index (χ0) is 42.2. The summed E-state index contributed by atoms with van der Waals surface area (Å²) < 4.78 is 6.44. The fourth-order valence-corrected chi connectivity index (χ4v) is 10.4. The van der Waals surface area contributed by atoms with E-state index >= 15 is 0 Å². The van der Waals surface area contributed by atoms with Gasteiger partial charge in [-0.2, -0.15) is 15.2 Å². The SMILES string of the molecule is CN1CCC[C@H]1COc1nc2c(c(N3CCN(C(=O)C4CN4C(c4ccccc4)(c4ccccc4)c4ccccc4)[C@@H](CC#N)C3)n1)CCN(c1cc(O)cc3ccccc13)C2. The Morgan fingerprint density at radius 1 is 0.806 bits per heavy atom. The molecule has 0 spiro atoms. The molecule has 10 rings (SSSR count). The van der Waals surface area contributed by atoms with Crippen LogP contribution in [0.15, 0.2) is 127 Å². The number of phenols is 1. The van der Waals surface area contributed by atoms with Gasteiger partial charge in [-0.15, -0.1) is 0 Å². The summed E-state index contributed by atoms with van der Waals surface area (Å²) in [4.78, 5) is 36.3. The summed E-state index contributed by atoms with van der Waals surface area (Å²) in [6.07, 6.45) is 3.11. The van der Waals surface area contributed by atoms with Crippen molar-refractivity contribution in [3.63, 3.8) is 0 Å². The van der Waals surface area contributed by atoms with Gasteiger partial charge in [-0.05, 0) is 61.0 Å². The molecule has 0 saturated carbocycles. The second kappa shape index (κ2) is 16.8. The third-order valence-electron chi connectivity index (χ3n) is 13.6. The molecule has 0 bridgehead atoms. The van der Waals surface area contributed by atoms with Crippen LogP contribution in [0.2, 0.25) is 0 Å². The van der Waals surface area contributed by atoms with Crippen LogP contribution in [0.1, 0.15) is 47.2 Å². The van der Waals surface area contributed by atoms with E-state index in [0.29, 0.717) is 64.3 Å².